The lowest BCUT2D eigenvalue weighted by Crippen LogP contribution is -2.10. The van der Waals surface area contributed by atoms with Gasteiger partial charge in [0.1, 0.15) is 17.9 Å². The number of nitrogens with zero attached hydrogens (tertiary/aromatic N) is 3. The van der Waals surface area contributed by atoms with Gasteiger partial charge in [-0.1, -0.05) is 42.5 Å². The predicted molar refractivity (Wildman–Crippen MR) is 122 cm³/mol. The molecule has 0 aromatic heterocycles. The molecule has 10 nitrogen and oxygen atoms in total. The number of rotatable bonds is 10. The molecule has 34 heavy (non-hydrogen) atoms. The van der Waals surface area contributed by atoms with Gasteiger partial charge in [0.25, 0.3) is 5.69 Å². The molecule has 174 valence electrons. The Morgan fingerprint density at radius 2 is 1.62 bits per heavy atom. The smallest absolute Gasteiger partial charge is 0.326 e. The highest BCUT2D eigenvalue weighted by Gasteiger charge is 2.38. The summed E-state index contributed by atoms with van der Waals surface area (Å²) in [6.45, 7) is 0.380. The fraction of sp³-hybridized carbons (Fsp3) is 0.208. The summed E-state index contributed by atoms with van der Waals surface area (Å²) in [5.74, 6) is -1.03. The first-order valence-electron chi connectivity index (χ1n) is 10.1. The molecule has 0 spiro atoms. The van der Waals surface area contributed by atoms with Gasteiger partial charge in [-0.25, -0.2) is 0 Å². The fourth-order valence-corrected chi connectivity index (χ4v) is 3.56. The minimum absolute atomic E-state index is 0.00658. The van der Waals surface area contributed by atoms with Gasteiger partial charge in [-0.05, 0) is 29.7 Å². The molecule has 0 saturated heterocycles. The summed E-state index contributed by atoms with van der Waals surface area (Å²) in [7, 11) is 2.41. The summed E-state index contributed by atoms with van der Waals surface area (Å²) in [6.07, 6.45) is 0.00658. The van der Waals surface area contributed by atoms with Crippen LogP contribution < -0.4 is 14.2 Å². The Morgan fingerprint density at radius 3 is 2.15 bits per heavy atom. The number of nitro groups is 2. The average molecular weight is 463 g/mol. The first kappa shape index (κ1) is 24.0. The number of benzene rings is 3. The van der Waals surface area contributed by atoms with Crippen LogP contribution >= 0.6 is 0 Å². The Kier molecular flexibility index (Phi) is 7.61. The van der Waals surface area contributed by atoms with Crippen molar-refractivity contribution in [3.8, 4) is 23.3 Å². The van der Waals surface area contributed by atoms with E-state index in [1.54, 1.807) is 24.3 Å². The molecule has 0 aliphatic rings. The first-order chi connectivity index (χ1) is 16.4. The lowest BCUT2D eigenvalue weighted by atomic mass is 9.90. The van der Waals surface area contributed by atoms with E-state index in [4.69, 9.17) is 14.2 Å². The Morgan fingerprint density at radius 1 is 0.941 bits per heavy atom. The molecule has 3 aromatic rings. The van der Waals surface area contributed by atoms with Gasteiger partial charge in [0.05, 0.1) is 42.1 Å². The Bertz CT molecular complexity index is 1220. The molecular weight excluding hydrogens is 442 g/mol. The molecule has 1 atom stereocenters. The van der Waals surface area contributed by atoms with E-state index in [1.807, 2.05) is 36.4 Å². The monoisotopic (exact) mass is 463 g/mol. The highest BCUT2D eigenvalue weighted by atomic mass is 16.6. The van der Waals surface area contributed by atoms with Crippen molar-refractivity contribution < 1.29 is 24.1 Å². The zero-order chi connectivity index (χ0) is 24.7. The summed E-state index contributed by atoms with van der Waals surface area (Å²) in [4.78, 5) is 22.0. The van der Waals surface area contributed by atoms with Crippen molar-refractivity contribution in [3.05, 3.63) is 97.6 Å². The minimum atomic E-state index is -1.18. The maximum absolute atomic E-state index is 11.9. The molecule has 0 bridgehead atoms. The number of nitro benzene ring substituents is 2. The van der Waals surface area contributed by atoms with Gasteiger partial charge in [0.2, 0.25) is 5.75 Å². The number of ether oxygens (including phenoxy) is 3. The number of methoxy groups -OCH3 is 2. The van der Waals surface area contributed by atoms with Gasteiger partial charge >= 0.3 is 5.69 Å². The van der Waals surface area contributed by atoms with Crippen molar-refractivity contribution in [1.29, 1.82) is 5.26 Å². The minimum Gasteiger partial charge on any atom is -0.492 e. The van der Waals surface area contributed by atoms with Gasteiger partial charge in [0.15, 0.2) is 5.75 Å². The Balaban J connectivity index is 1.92. The molecule has 0 aliphatic heterocycles. The van der Waals surface area contributed by atoms with Crippen molar-refractivity contribution in [2.45, 2.75) is 18.9 Å². The highest BCUT2D eigenvalue weighted by molar-refractivity contribution is 5.70. The fourth-order valence-electron chi connectivity index (χ4n) is 3.56. The van der Waals surface area contributed by atoms with Crippen LogP contribution in [0.2, 0.25) is 0 Å². The second kappa shape index (κ2) is 10.8. The van der Waals surface area contributed by atoms with Crippen molar-refractivity contribution in [3.63, 3.8) is 0 Å². The molecule has 3 aromatic carbocycles. The maximum atomic E-state index is 11.9. The number of nitriles is 1. The van der Waals surface area contributed by atoms with E-state index in [-0.39, 0.29) is 23.5 Å². The summed E-state index contributed by atoms with van der Waals surface area (Å²) >= 11 is 0. The van der Waals surface area contributed by atoms with Crippen LogP contribution in [0.3, 0.4) is 0 Å². The largest absolute Gasteiger partial charge is 0.492 e. The molecule has 0 aliphatic carbocycles. The average Bonchev–Trinajstić information content (AvgIpc) is 2.85. The zero-order valence-electron chi connectivity index (χ0n) is 18.5. The lowest BCUT2D eigenvalue weighted by Gasteiger charge is -2.15. The van der Waals surface area contributed by atoms with Crippen molar-refractivity contribution >= 4 is 11.4 Å². The van der Waals surface area contributed by atoms with E-state index >= 15 is 0 Å². The molecule has 0 heterocycles. The van der Waals surface area contributed by atoms with Crippen LogP contribution in [-0.4, -0.2) is 24.1 Å². The van der Waals surface area contributed by atoms with Crippen molar-refractivity contribution in [2.24, 2.45) is 0 Å². The standard InChI is InChI=1S/C24H21N3O7/c1-32-21-13-20(26(28)29)22(23(27(30)31)24(21)33-2)18(14-25)12-16-8-10-19(11-9-16)34-15-17-6-4-3-5-7-17/h3-11,13,18H,12,15H2,1-2H3. The first-order valence-corrected chi connectivity index (χ1v) is 10.1. The summed E-state index contributed by atoms with van der Waals surface area (Å²) < 4.78 is 15.9. The van der Waals surface area contributed by atoms with Gasteiger partial charge in [-0.15, -0.1) is 0 Å². The van der Waals surface area contributed by atoms with Gasteiger partial charge in [0, 0.05) is 0 Å². The molecule has 10 heteroatoms. The zero-order valence-corrected chi connectivity index (χ0v) is 18.5. The van der Waals surface area contributed by atoms with Crippen molar-refractivity contribution in [1.82, 2.24) is 0 Å². The maximum Gasteiger partial charge on any atom is 0.326 e. The Labute approximate surface area is 195 Å². The van der Waals surface area contributed by atoms with Crippen molar-refractivity contribution in [2.75, 3.05) is 14.2 Å². The van der Waals surface area contributed by atoms with E-state index in [0.717, 1.165) is 11.6 Å². The summed E-state index contributed by atoms with van der Waals surface area (Å²) in [5, 5.41) is 33.4. The summed E-state index contributed by atoms with van der Waals surface area (Å²) in [5.41, 5.74) is 0.0716. The van der Waals surface area contributed by atoms with Crippen LogP contribution in [0.15, 0.2) is 60.7 Å². The van der Waals surface area contributed by atoms with Crippen LogP contribution in [0.1, 0.15) is 22.6 Å². The van der Waals surface area contributed by atoms with E-state index in [0.29, 0.717) is 17.9 Å². The second-order valence-corrected chi connectivity index (χ2v) is 7.21. The highest BCUT2D eigenvalue weighted by Crippen LogP contribution is 2.48. The van der Waals surface area contributed by atoms with Crippen LogP contribution in [0.5, 0.6) is 17.2 Å². The van der Waals surface area contributed by atoms with Crippen LogP contribution in [-0.2, 0) is 13.0 Å². The summed E-state index contributed by atoms with van der Waals surface area (Å²) in [6, 6.07) is 19.5. The third-order valence-electron chi connectivity index (χ3n) is 5.16. The quantitative estimate of drug-likeness (QED) is 0.304. The molecule has 3 rings (SSSR count). The normalized spacial score (nSPS) is 11.2. The third-order valence-corrected chi connectivity index (χ3v) is 5.16. The van der Waals surface area contributed by atoms with Gasteiger partial charge in [-0.3, -0.25) is 20.2 Å². The van der Waals surface area contributed by atoms with E-state index in [2.05, 4.69) is 0 Å². The van der Waals surface area contributed by atoms with E-state index < -0.39 is 27.1 Å². The second-order valence-electron chi connectivity index (χ2n) is 7.21. The van der Waals surface area contributed by atoms with Gasteiger partial charge in [-0.2, -0.15) is 5.26 Å². The molecule has 0 fully saturated rings. The lowest BCUT2D eigenvalue weighted by molar-refractivity contribution is -0.396. The predicted octanol–water partition coefficient (Wildman–Crippen LogP) is 4.95. The molecular formula is C24H21N3O7. The molecule has 0 amide bonds. The Hall–Kier alpha value is -4.65. The number of hydrogen-bond acceptors (Lipinski definition) is 8. The topological polar surface area (TPSA) is 138 Å². The third kappa shape index (κ3) is 5.21. The molecule has 1 unspecified atom stereocenters. The molecule has 0 saturated carbocycles. The van der Waals surface area contributed by atoms with Crippen LogP contribution in [0.4, 0.5) is 11.4 Å². The number of hydrogen-bond donors (Lipinski definition) is 0. The van der Waals surface area contributed by atoms with E-state index in [9.17, 15) is 25.5 Å². The van der Waals surface area contributed by atoms with E-state index in [1.165, 1.54) is 14.2 Å². The van der Waals surface area contributed by atoms with Gasteiger partial charge < -0.3 is 14.2 Å². The SMILES string of the molecule is COc1cc([N+](=O)[O-])c(C(C#N)Cc2ccc(OCc3ccccc3)cc2)c([N+](=O)[O-])c1OC. The molecule has 0 N–H and O–H groups in total. The van der Waals surface area contributed by atoms with Crippen LogP contribution in [0, 0.1) is 31.6 Å². The molecule has 0 radical (unpaired) electrons. The van der Waals surface area contributed by atoms with Crippen LogP contribution in [0.25, 0.3) is 0 Å².